The second-order valence-electron chi connectivity index (χ2n) is 4.48. The standard InChI is InChI=1S/C15H18ClNO3S/c1-19-13-4-3-10(14(16)15(13)20-2)7-17-8-12(18)11-5-6-21-9-11/h3-6,9,12,17-18H,7-8H2,1-2H3. The van der Waals surface area contributed by atoms with E-state index in [-0.39, 0.29) is 0 Å². The number of benzene rings is 1. The lowest BCUT2D eigenvalue weighted by Gasteiger charge is -2.14. The van der Waals surface area contributed by atoms with Crippen LogP contribution in [0, 0.1) is 0 Å². The molecule has 0 aliphatic carbocycles. The van der Waals surface area contributed by atoms with E-state index >= 15 is 0 Å². The molecular weight excluding hydrogens is 310 g/mol. The number of hydrogen-bond donors (Lipinski definition) is 2. The Kier molecular flexibility index (Phi) is 5.87. The molecule has 1 unspecified atom stereocenters. The van der Waals surface area contributed by atoms with Crippen LogP contribution in [0.4, 0.5) is 0 Å². The fourth-order valence-corrected chi connectivity index (χ4v) is 3.00. The van der Waals surface area contributed by atoms with Gasteiger partial charge in [-0.3, -0.25) is 0 Å². The third-order valence-corrected chi connectivity index (χ3v) is 4.26. The Balaban J connectivity index is 1.97. The Hall–Kier alpha value is -1.27. The van der Waals surface area contributed by atoms with Crippen molar-refractivity contribution in [1.29, 1.82) is 0 Å². The van der Waals surface area contributed by atoms with Crippen LogP contribution < -0.4 is 14.8 Å². The first-order valence-electron chi connectivity index (χ1n) is 6.47. The largest absolute Gasteiger partial charge is 0.493 e. The van der Waals surface area contributed by atoms with Crippen LogP contribution in [0.2, 0.25) is 5.02 Å². The van der Waals surface area contributed by atoms with E-state index in [1.807, 2.05) is 29.0 Å². The van der Waals surface area contributed by atoms with Crippen LogP contribution in [0.15, 0.2) is 29.0 Å². The number of thiophene rings is 1. The summed E-state index contributed by atoms with van der Waals surface area (Å²) in [5.74, 6) is 1.13. The Labute approximate surface area is 133 Å². The van der Waals surface area contributed by atoms with Gasteiger partial charge in [0.2, 0.25) is 0 Å². The van der Waals surface area contributed by atoms with E-state index in [4.69, 9.17) is 21.1 Å². The Morgan fingerprint density at radius 3 is 2.71 bits per heavy atom. The normalized spacial score (nSPS) is 12.2. The topological polar surface area (TPSA) is 50.7 Å². The number of aliphatic hydroxyl groups excluding tert-OH is 1. The van der Waals surface area contributed by atoms with Crippen LogP contribution in [0.1, 0.15) is 17.2 Å². The van der Waals surface area contributed by atoms with E-state index in [1.165, 1.54) is 0 Å². The summed E-state index contributed by atoms with van der Waals surface area (Å²) in [6, 6.07) is 5.62. The third kappa shape index (κ3) is 3.89. The quantitative estimate of drug-likeness (QED) is 0.819. The smallest absolute Gasteiger partial charge is 0.179 e. The van der Waals surface area contributed by atoms with Crippen molar-refractivity contribution in [3.05, 3.63) is 45.1 Å². The number of hydrogen-bond acceptors (Lipinski definition) is 5. The molecule has 0 spiro atoms. The van der Waals surface area contributed by atoms with Crippen molar-refractivity contribution in [1.82, 2.24) is 5.32 Å². The van der Waals surface area contributed by atoms with Crippen LogP contribution in [-0.2, 0) is 6.54 Å². The van der Waals surface area contributed by atoms with Crippen molar-refractivity contribution >= 4 is 22.9 Å². The molecule has 0 saturated carbocycles. The fourth-order valence-electron chi connectivity index (χ4n) is 1.99. The SMILES string of the molecule is COc1ccc(CNCC(O)c2ccsc2)c(Cl)c1OC. The zero-order chi connectivity index (χ0) is 15.2. The molecule has 0 radical (unpaired) electrons. The third-order valence-electron chi connectivity index (χ3n) is 3.15. The van der Waals surface area contributed by atoms with Crippen LogP contribution in [-0.4, -0.2) is 25.9 Å². The summed E-state index contributed by atoms with van der Waals surface area (Å²) >= 11 is 7.87. The van der Waals surface area contributed by atoms with Crippen molar-refractivity contribution in [2.45, 2.75) is 12.6 Å². The molecule has 114 valence electrons. The van der Waals surface area contributed by atoms with E-state index < -0.39 is 6.10 Å². The molecule has 2 aromatic rings. The fraction of sp³-hybridized carbons (Fsp3) is 0.333. The first-order valence-corrected chi connectivity index (χ1v) is 7.79. The van der Waals surface area contributed by atoms with Gasteiger partial charge in [0.05, 0.1) is 25.3 Å². The zero-order valence-electron chi connectivity index (χ0n) is 11.9. The van der Waals surface area contributed by atoms with Crippen molar-refractivity contribution in [2.75, 3.05) is 20.8 Å². The second kappa shape index (κ2) is 7.66. The molecular formula is C15H18ClNO3S. The lowest BCUT2D eigenvalue weighted by molar-refractivity contribution is 0.175. The lowest BCUT2D eigenvalue weighted by Crippen LogP contribution is -2.21. The average Bonchev–Trinajstić information content (AvgIpc) is 3.02. The van der Waals surface area contributed by atoms with Gasteiger partial charge in [-0.2, -0.15) is 11.3 Å². The molecule has 0 amide bonds. The summed E-state index contributed by atoms with van der Waals surface area (Å²) in [4.78, 5) is 0. The molecule has 0 aliphatic rings. The van der Waals surface area contributed by atoms with Crippen molar-refractivity contribution in [3.8, 4) is 11.5 Å². The molecule has 21 heavy (non-hydrogen) atoms. The summed E-state index contributed by atoms with van der Waals surface area (Å²) in [7, 11) is 3.13. The summed E-state index contributed by atoms with van der Waals surface area (Å²) in [5.41, 5.74) is 1.82. The first-order chi connectivity index (χ1) is 10.2. The van der Waals surface area contributed by atoms with E-state index in [2.05, 4.69) is 5.32 Å². The highest BCUT2D eigenvalue weighted by Crippen LogP contribution is 2.37. The second-order valence-corrected chi connectivity index (χ2v) is 5.64. The number of nitrogens with one attached hydrogen (secondary N) is 1. The van der Waals surface area contributed by atoms with Gasteiger partial charge in [-0.25, -0.2) is 0 Å². The first kappa shape index (κ1) is 16.1. The van der Waals surface area contributed by atoms with Crippen molar-refractivity contribution < 1.29 is 14.6 Å². The summed E-state index contributed by atoms with van der Waals surface area (Å²) in [6.45, 7) is 1.00. The Morgan fingerprint density at radius 1 is 1.29 bits per heavy atom. The molecule has 1 aromatic heterocycles. The lowest BCUT2D eigenvalue weighted by atomic mass is 10.1. The van der Waals surface area contributed by atoms with Gasteiger partial charge in [0.15, 0.2) is 11.5 Å². The molecule has 0 bridgehead atoms. The maximum atomic E-state index is 10.0. The van der Waals surface area contributed by atoms with Crippen LogP contribution in [0.5, 0.6) is 11.5 Å². The molecule has 2 rings (SSSR count). The highest BCUT2D eigenvalue weighted by molar-refractivity contribution is 7.07. The van der Waals surface area contributed by atoms with Gasteiger partial charge in [-0.1, -0.05) is 17.7 Å². The number of halogens is 1. The van der Waals surface area contributed by atoms with Crippen molar-refractivity contribution in [3.63, 3.8) is 0 Å². The molecule has 0 aliphatic heterocycles. The molecule has 1 atom stereocenters. The molecule has 4 nitrogen and oxygen atoms in total. The average molecular weight is 328 g/mol. The molecule has 0 fully saturated rings. The number of methoxy groups -OCH3 is 2. The van der Waals surface area contributed by atoms with E-state index in [0.29, 0.717) is 29.6 Å². The Bertz CT molecular complexity index is 575. The van der Waals surface area contributed by atoms with Gasteiger partial charge < -0.3 is 19.9 Å². The van der Waals surface area contributed by atoms with E-state index in [9.17, 15) is 5.11 Å². The minimum Gasteiger partial charge on any atom is -0.493 e. The monoisotopic (exact) mass is 327 g/mol. The van der Waals surface area contributed by atoms with Gasteiger partial charge >= 0.3 is 0 Å². The molecule has 0 saturated heterocycles. The van der Waals surface area contributed by atoms with E-state index in [1.54, 1.807) is 25.6 Å². The summed E-state index contributed by atoms with van der Waals surface area (Å²) < 4.78 is 10.5. The van der Waals surface area contributed by atoms with Gasteiger partial charge in [0.25, 0.3) is 0 Å². The highest BCUT2D eigenvalue weighted by Gasteiger charge is 2.13. The minimum atomic E-state index is -0.518. The maximum Gasteiger partial charge on any atom is 0.179 e. The van der Waals surface area contributed by atoms with Gasteiger partial charge in [0.1, 0.15) is 0 Å². The van der Waals surface area contributed by atoms with Crippen LogP contribution in [0.25, 0.3) is 0 Å². The number of aliphatic hydroxyl groups is 1. The molecule has 1 aromatic carbocycles. The highest BCUT2D eigenvalue weighted by atomic mass is 35.5. The zero-order valence-corrected chi connectivity index (χ0v) is 13.5. The molecule has 1 heterocycles. The van der Waals surface area contributed by atoms with Crippen LogP contribution >= 0.6 is 22.9 Å². The predicted octanol–water partition coefficient (Wildman–Crippen LogP) is 3.24. The summed E-state index contributed by atoms with van der Waals surface area (Å²) in [6.07, 6.45) is -0.518. The predicted molar refractivity (Wildman–Crippen MR) is 85.5 cm³/mol. The van der Waals surface area contributed by atoms with Gasteiger partial charge in [0, 0.05) is 13.1 Å². The van der Waals surface area contributed by atoms with Gasteiger partial charge in [-0.15, -0.1) is 0 Å². The van der Waals surface area contributed by atoms with Crippen LogP contribution in [0.3, 0.4) is 0 Å². The minimum absolute atomic E-state index is 0.460. The molecule has 6 heteroatoms. The molecule has 2 N–H and O–H groups in total. The van der Waals surface area contributed by atoms with E-state index in [0.717, 1.165) is 11.1 Å². The van der Waals surface area contributed by atoms with Gasteiger partial charge in [-0.05, 0) is 34.0 Å². The van der Waals surface area contributed by atoms with Crippen molar-refractivity contribution in [2.24, 2.45) is 0 Å². The maximum absolute atomic E-state index is 10.0. The number of rotatable bonds is 7. The number of ether oxygens (including phenoxy) is 2. The summed E-state index contributed by atoms with van der Waals surface area (Å²) in [5, 5.41) is 17.6. The Morgan fingerprint density at radius 2 is 2.10 bits per heavy atom.